The minimum absolute atomic E-state index is 0.00442. The molecule has 4 heteroatoms. The molecule has 1 aliphatic heterocycles. The van der Waals surface area contributed by atoms with Gasteiger partial charge in [-0.05, 0) is 17.0 Å². The number of ether oxygens (including phenoxy) is 1. The van der Waals surface area contributed by atoms with Gasteiger partial charge >= 0.3 is 0 Å². The summed E-state index contributed by atoms with van der Waals surface area (Å²) in [5.41, 5.74) is 2.35. The molecule has 1 amide bonds. The topological polar surface area (TPSA) is 41.6 Å². The fraction of sp³-hybridized carbons (Fsp3) is 0.409. The highest BCUT2D eigenvalue weighted by Crippen LogP contribution is 2.20. The van der Waals surface area contributed by atoms with E-state index in [0.29, 0.717) is 6.42 Å². The van der Waals surface area contributed by atoms with Crippen molar-refractivity contribution in [3.05, 3.63) is 71.8 Å². The molecule has 2 atom stereocenters. The molecule has 1 saturated heterocycles. The van der Waals surface area contributed by atoms with Crippen molar-refractivity contribution >= 4 is 5.91 Å². The summed E-state index contributed by atoms with van der Waals surface area (Å²) in [6, 6.07) is 20.5. The van der Waals surface area contributed by atoms with Gasteiger partial charge in [-0.25, -0.2) is 0 Å². The summed E-state index contributed by atoms with van der Waals surface area (Å²) in [6.07, 6.45) is 0.496. The molecule has 0 bridgehead atoms. The van der Waals surface area contributed by atoms with E-state index < -0.39 is 0 Å². The Balaban J connectivity index is 1.63. The number of morpholine rings is 1. The van der Waals surface area contributed by atoms with Gasteiger partial charge in [0.1, 0.15) is 0 Å². The summed E-state index contributed by atoms with van der Waals surface area (Å²) >= 11 is 0. The molecule has 3 rings (SSSR count). The molecule has 0 aliphatic carbocycles. The lowest BCUT2D eigenvalue weighted by Crippen LogP contribution is -2.43. The van der Waals surface area contributed by atoms with Crippen molar-refractivity contribution in [3.8, 4) is 0 Å². The third-order valence-corrected chi connectivity index (χ3v) is 4.94. The van der Waals surface area contributed by atoms with Crippen LogP contribution in [0.1, 0.15) is 36.4 Å². The normalized spacial score (nSPS) is 17.4. The van der Waals surface area contributed by atoms with Crippen LogP contribution in [0.15, 0.2) is 60.7 Å². The largest absolute Gasteiger partial charge is 0.379 e. The van der Waals surface area contributed by atoms with Crippen LogP contribution in [0, 0.1) is 0 Å². The molecule has 138 valence electrons. The van der Waals surface area contributed by atoms with Crippen LogP contribution in [0.25, 0.3) is 0 Å². The van der Waals surface area contributed by atoms with Crippen molar-refractivity contribution in [1.29, 1.82) is 0 Å². The Kier molecular flexibility index (Phi) is 6.81. The van der Waals surface area contributed by atoms with Crippen LogP contribution in [0.5, 0.6) is 0 Å². The molecule has 2 aromatic rings. The van der Waals surface area contributed by atoms with Gasteiger partial charge in [0.2, 0.25) is 5.91 Å². The Bertz CT molecular complexity index is 669. The first kappa shape index (κ1) is 18.6. The van der Waals surface area contributed by atoms with E-state index in [0.717, 1.165) is 38.4 Å². The number of nitrogens with one attached hydrogen (secondary N) is 1. The van der Waals surface area contributed by atoms with E-state index in [1.807, 2.05) is 36.4 Å². The Hall–Kier alpha value is -2.17. The Morgan fingerprint density at radius 3 is 2.19 bits per heavy atom. The summed E-state index contributed by atoms with van der Waals surface area (Å²) in [5.74, 6) is 0.305. The van der Waals surface area contributed by atoms with Crippen molar-refractivity contribution in [2.24, 2.45) is 0 Å². The van der Waals surface area contributed by atoms with Crippen LogP contribution >= 0.6 is 0 Å². The zero-order valence-corrected chi connectivity index (χ0v) is 15.4. The van der Waals surface area contributed by atoms with E-state index in [4.69, 9.17) is 4.74 Å². The third kappa shape index (κ3) is 5.41. The van der Waals surface area contributed by atoms with Crippen LogP contribution in [-0.4, -0.2) is 43.7 Å². The molecule has 1 fully saturated rings. The molecule has 4 nitrogen and oxygen atoms in total. The fourth-order valence-electron chi connectivity index (χ4n) is 3.39. The minimum Gasteiger partial charge on any atom is -0.379 e. The highest BCUT2D eigenvalue weighted by molar-refractivity contribution is 5.77. The molecule has 2 aromatic carbocycles. The minimum atomic E-state index is 0.00442. The van der Waals surface area contributed by atoms with Crippen molar-refractivity contribution in [1.82, 2.24) is 10.2 Å². The Morgan fingerprint density at radius 1 is 1.00 bits per heavy atom. The summed E-state index contributed by atoms with van der Waals surface area (Å²) in [6.45, 7) is 6.29. The standard InChI is InChI=1S/C22H28N2O2/c1-18(19-8-4-2-5-9-19)16-22(25)23-21(20-10-6-3-7-11-20)17-24-12-14-26-15-13-24/h2-11,18,21H,12-17H2,1H3,(H,23,25). The number of carbonyl (C=O) groups is 1. The van der Waals surface area contributed by atoms with E-state index in [9.17, 15) is 4.79 Å². The number of carbonyl (C=O) groups excluding carboxylic acids is 1. The molecule has 26 heavy (non-hydrogen) atoms. The monoisotopic (exact) mass is 352 g/mol. The highest BCUT2D eigenvalue weighted by Gasteiger charge is 2.21. The smallest absolute Gasteiger partial charge is 0.221 e. The van der Waals surface area contributed by atoms with Gasteiger partial charge in [-0.15, -0.1) is 0 Å². The first-order valence-electron chi connectivity index (χ1n) is 9.41. The number of benzene rings is 2. The number of nitrogens with zero attached hydrogens (tertiary/aromatic N) is 1. The summed E-state index contributed by atoms with van der Waals surface area (Å²) in [5, 5.41) is 3.26. The van der Waals surface area contributed by atoms with Gasteiger partial charge in [0.25, 0.3) is 0 Å². The number of hydrogen-bond donors (Lipinski definition) is 1. The highest BCUT2D eigenvalue weighted by atomic mass is 16.5. The lowest BCUT2D eigenvalue weighted by atomic mass is 9.97. The second-order valence-corrected chi connectivity index (χ2v) is 6.96. The maximum atomic E-state index is 12.7. The average molecular weight is 352 g/mol. The molecule has 0 spiro atoms. The third-order valence-electron chi connectivity index (χ3n) is 4.94. The SMILES string of the molecule is CC(CC(=O)NC(CN1CCOCC1)c1ccccc1)c1ccccc1. The predicted octanol–water partition coefficient (Wildman–Crippen LogP) is 3.37. The van der Waals surface area contributed by atoms with Crippen LogP contribution in [-0.2, 0) is 9.53 Å². The zero-order chi connectivity index (χ0) is 18.2. The fourth-order valence-corrected chi connectivity index (χ4v) is 3.39. The van der Waals surface area contributed by atoms with Gasteiger partial charge in [-0.1, -0.05) is 67.6 Å². The summed E-state index contributed by atoms with van der Waals surface area (Å²) in [4.78, 5) is 15.1. The lowest BCUT2D eigenvalue weighted by Gasteiger charge is -2.31. The van der Waals surface area contributed by atoms with Gasteiger partial charge in [0.05, 0.1) is 19.3 Å². The second kappa shape index (κ2) is 9.51. The number of rotatable bonds is 7. The molecule has 1 heterocycles. The van der Waals surface area contributed by atoms with Crippen molar-refractivity contribution < 1.29 is 9.53 Å². The molecule has 0 radical (unpaired) electrons. The van der Waals surface area contributed by atoms with Gasteiger partial charge in [-0.2, -0.15) is 0 Å². The molecular formula is C22H28N2O2. The molecular weight excluding hydrogens is 324 g/mol. The number of amides is 1. The van der Waals surface area contributed by atoms with E-state index in [2.05, 4.69) is 41.4 Å². The van der Waals surface area contributed by atoms with E-state index in [1.54, 1.807) is 0 Å². The summed E-state index contributed by atoms with van der Waals surface area (Å²) < 4.78 is 5.44. The maximum Gasteiger partial charge on any atom is 0.221 e. The zero-order valence-electron chi connectivity index (χ0n) is 15.4. The first-order valence-corrected chi connectivity index (χ1v) is 9.41. The average Bonchev–Trinajstić information content (AvgIpc) is 2.69. The van der Waals surface area contributed by atoms with Crippen molar-refractivity contribution in [2.75, 3.05) is 32.8 Å². The van der Waals surface area contributed by atoms with Crippen LogP contribution in [0.4, 0.5) is 0 Å². The van der Waals surface area contributed by atoms with Crippen LogP contribution < -0.4 is 5.32 Å². The van der Waals surface area contributed by atoms with Crippen LogP contribution in [0.2, 0.25) is 0 Å². The Morgan fingerprint density at radius 2 is 1.58 bits per heavy atom. The van der Waals surface area contributed by atoms with Gasteiger partial charge < -0.3 is 10.1 Å². The Labute approximate surface area is 156 Å². The molecule has 1 aliphatic rings. The van der Waals surface area contributed by atoms with Crippen molar-refractivity contribution in [3.63, 3.8) is 0 Å². The van der Waals surface area contributed by atoms with E-state index in [1.165, 1.54) is 5.56 Å². The number of hydrogen-bond acceptors (Lipinski definition) is 3. The van der Waals surface area contributed by atoms with E-state index >= 15 is 0 Å². The quantitative estimate of drug-likeness (QED) is 0.831. The first-order chi connectivity index (χ1) is 12.7. The maximum absolute atomic E-state index is 12.7. The van der Waals surface area contributed by atoms with Crippen molar-refractivity contribution in [2.45, 2.75) is 25.3 Å². The van der Waals surface area contributed by atoms with Gasteiger partial charge in [0, 0.05) is 26.1 Å². The van der Waals surface area contributed by atoms with E-state index in [-0.39, 0.29) is 17.9 Å². The summed E-state index contributed by atoms with van der Waals surface area (Å²) in [7, 11) is 0. The molecule has 0 aromatic heterocycles. The predicted molar refractivity (Wildman–Crippen MR) is 104 cm³/mol. The van der Waals surface area contributed by atoms with Gasteiger partial charge in [-0.3, -0.25) is 9.69 Å². The second-order valence-electron chi connectivity index (χ2n) is 6.96. The van der Waals surface area contributed by atoms with Crippen LogP contribution in [0.3, 0.4) is 0 Å². The lowest BCUT2D eigenvalue weighted by molar-refractivity contribution is -0.122. The molecule has 2 unspecified atom stereocenters. The molecule has 0 saturated carbocycles. The van der Waals surface area contributed by atoms with Gasteiger partial charge in [0.15, 0.2) is 0 Å². The molecule has 1 N–H and O–H groups in total.